The Bertz CT molecular complexity index is 778. The van der Waals surface area contributed by atoms with Crippen LogP contribution in [-0.2, 0) is 11.2 Å². The summed E-state index contributed by atoms with van der Waals surface area (Å²) in [5.41, 5.74) is 5.60. The van der Waals surface area contributed by atoms with Gasteiger partial charge in [0.15, 0.2) is 0 Å². The van der Waals surface area contributed by atoms with Gasteiger partial charge in [0.25, 0.3) is 0 Å². The molecule has 2 rings (SSSR count). The Morgan fingerprint density at radius 2 is 2.04 bits per heavy atom. The first-order valence-corrected chi connectivity index (χ1v) is 8.69. The molecule has 0 saturated heterocycles. The number of methoxy groups -OCH3 is 1. The van der Waals surface area contributed by atoms with E-state index in [0.29, 0.717) is 0 Å². The van der Waals surface area contributed by atoms with Crippen LogP contribution in [0.5, 0.6) is 0 Å². The molecular formula is C21H28N2O. The van der Waals surface area contributed by atoms with Crippen LogP contribution >= 0.6 is 0 Å². The van der Waals surface area contributed by atoms with Crippen LogP contribution < -0.4 is 0 Å². The number of nitrogens with one attached hydrogen (secondary N) is 1. The average Bonchev–Trinajstić information content (AvgIpc) is 3.01. The molecule has 0 bridgehead atoms. The lowest BCUT2D eigenvalue weighted by molar-refractivity contribution is 0.311. The summed E-state index contributed by atoms with van der Waals surface area (Å²) in [6.07, 6.45) is 11.4. The Hall–Kier alpha value is -2.29. The van der Waals surface area contributed by atoms with Gasteiger partial charge in [-0.05, 0) is 50.5 Å². The topological polar surface area (TPSA) is 37.9 Å². The number of hydrogen-bond acceptors (Lipinski definition) is 2. The molecule has 0 amide bonds. The van der Waals surface area contributed by atoms with E-state index < -0.39 is 0 Å². The maximum atomic E-state index is 5.62. The fraction of sp³-hybridized carbons (Fsp3) is 0.381. The number of aryl methyl sites for hydroxylation is 1. The number of pyridine rings is 1. The molecule has 0 fully saturated rings. The van der Waals surface area contributed by atoms with Gasteiger partial charge in [0.2, 0.25) is 0 Å². The van der Waals surface area contributed by atoms with Gasteiger partial charge in [-0.2, -0.15) is 0 Å². The van der Waals surface area contributed by atoms with Crippen molar-refractivity contribution in [2.24, 2.45) is 0 Å². The number of aromatic nitrogens is 2. The molecule has 0 aliphatic carbocycles. The van der Waals surface area contributed by atoms with Crippen molar-refractivity contribution in [2.45, 2.75) is 47.0 Å². The molecule has 0 saturated carbocycles. The van der Waals surface area contributed by atoms with Crippen LogP contribution in [0.1, 0.15) is 51.8 Å². The van der Waals surface area contributed by atoms with Crippen molar-refractivity contribution < 1.29 is 4.74 Å². The van der Waals surface area contributed by atoms with E-state index in [2.05, 4.69) is 55.0 Å². The zero-order valence-corrected chi connectivity index (χ0v) is 15.4. The molecule has 1 N–H and O–H groups in total. The van der Waals surface area contributed by atoms with Gasteiger partial charge in [0.05, 0.1) is 12.8 Å². The highest BCUT2D eigenvalue weighted by Gasteiger charge is 2.11. The van der Waals surface area contributed by atoms with E-state index >= 15 is 0 Å². The summed E-state index contributed by atoms with van der Waals surface area (Å²) < 4.78 is 5.62. The second kappa shape index (κ2) is 8.53. The fourth-order valence-electron chi connectivity index (χ4n) is 2.67. The monoisotopic (exact) mass is 324 g/mol. The quantitative estimate of drug-likeness (QED) is 0.516. The predicted molar refractivity (Wildman–Crippen MR) is 103 cm³/mol. The summed E-state index contributed by atoms with van der Waals surface area (Å²) in [6.45, 7) is 8.49. The van der Waals surface area contributed by atoms with Crippen LogP contribution in [0.2, 0.25) is 0 Å². The summed E-state index contributed by atoms with van der Waals surface area (Å²) in [7, 11) is 1.71. The molecule has 2 aromatic heterocycles. The lowest BCUT2D eigenvalue weighted by Crippen LogP contribution is -1.93. The molecule has 0 aromatic carbocycles. The number of aromatic amines is 1. The van der Waals surface area contributed by atoms with Crippen molar-refractivity contribution in [2.75, 3.05) is 7.11 Å². The van der Waals surface area contributed by atoms with Crippen LogP contribution in [0.25, 0.3) is 16.6 Å². The number of allylic oxidation sites excluding steroid dienone is 5. The van der Waals surface area contributed by atoms with Crippen molar-refractivity contribution in [1.29, 1.82) is 0 Å². The Morgan fingerprint density at radius 3 is 2.67 bits per heavy atom. The van der Waals surface area contributed by atoms with Gasteiger partial charge in [-0.1, -0.05) is 38.0 Å². The fourth-order valence-corrected chi connectivity index (χ4v) is 2.67. The lowest BCUT2D eigenvalue weighted by atomic mass is 10.1. The zero-order chi connectivity index (χ0) is 17.5. The third-order valence-electron chi connectivity index (χ3n) is 4.21. The molecule has 24 heavy (non-hydrogen) atoms. The van der Waals surface area contributed by atoms with Gasteiger partial charge in [-0.25, -0.2) is 4.98 Å². The molecule has 2 aromatic rings. The first-order valence-electron chi connectivity index (χ1n) is 8.69. The highest BCUT2D eigenvalue weighted by atomic mass is 16.5. The van der Waals surface area contributed by atoms with Gasteiger partial charge in [0, 0.05) is 17.2 Å². The first kappa shape index (κ1) is 18.1. The van der Waals surface area contributed by atoms with Gasteiger partial charge in [-0.3, -0.25) is 0 Å². The minimum atomic E-state index is 0.852. The number of rotatable bonds is 7. The molecule has 128 valence electrons. The predicted octanol–water partition coefficient (Wildman–Crippen LogP) is 5.81. The first-order chi connectivity index (χ1) is 11.6. The SMILES string of the molecule is C\C=C(/C(=C\C=C(\C)CC)OC)c1cc2cc(CCC)cnc2[nH]1. The summed E-state index contributed by atoms with van der Waals surface area (Å²) in [6, 6.07) is 4.37. The Balaban J connectivity index is 2.41. The van der Waals surface area contributed by atoms with Crippen LogP contribution in [0.3, 0.4) is 0 Å². The molecule has 0 spiro atoms. The standard InChI is InChI=1S/C21H28N2O/c1-6-9-16-12-17-13-19(23-21(17)22-14-16)18(8-3)20(24-5)11-10-15(4)7-2/h8,10-14H,6-7,9H2,1-5H3,(H,22,23)/b15-10-,18-8-,20-11+. The largest absolute Gasteiger partial charge is 0.496 e. The number of nitrogens with zero attached hydrogens (tertiary/aromatic N) is 1. The molecule has 0 atom stereocenters. The van der Waals surface area contributed by atoms with Gasteiger partial charge < -0.3 is 9.72 Å². The lowest BCUT2D eigenvalue weighted by Gasteiger charge is -2.09. The highest BCUT2D eigenvalue weighted by Crippen LogP contribution is 2.27. The van der Waals surface area contributed by atoms with E-state index in [4.69, 9.17) is 4.74 Å². The number of ether oxygens (including phenoxy) is 1. The van der Waals surface area contributed by atoms with Crippen LogP contribution in [0.4, 0.5) is 0 Å². The Morgan fingerprint density at radius 1 is 1.25 bits per heavy atom. The Labute approximate surface area is 145 Å². The van der Waals surface area contributed by atoms with Crippen molar-refractivity contribution in [3.63, 3.8) is 0 Å². The Kier molecular flexibility index (Phi) is 6.42. The minimum Gasteiger partial charge on any atom is -0.496 e. The van der Waals surface area contributed by atoms with Crippen LogP contribution in [0, 0.1) is 0 Å². The molecule has 3 nitrogen and oxygen atoms in total. The second-order valence-corrected chi connectivity index (χ2v) is 6.02. The maximum absolute atomic E-state index is 5.62. The van der Waals surface area contributed by atoms with E-state index in [1.54, 1.807) is 7.11 Å². The third-order valence-corrected chi connectivity index (χ3v) is 4.21. The minimum absolute atomic E-state index is 0.852. The summed E-state index contributed by atoms with van der Waals surface area (Å²) in [5.74, 6) is 0.852. The van der Waals surface area contributed by atoms with Gasteiger partial charge >= 0.3 is 0 Å². The molecule has 0 aliphatic heterocycles. The molecule has 0 aliphatic rings. The summed E-state index contributed by atoms with van der Waals surface area (Å²) >= 11 is 0. The molecule has 0 radical (unpaired) electrons. The van der Waals surface area contributed by atoms with Crippen molar-refractivity contribution in [3.05, 3.63) is 59.1 Å². The average molecular weight is 324 g/mol. The van der Waals surface area contributed by atoms with E-state index in [1.807, 2.05) is 19.2 Å². The summed E-state index contributed by atoms with van der Waals surface area (Å²) in [4.78, 5) is 7.97. The normalized spacial score (nSPS) is 13.6. The van der Waals surface area contributed by atoms with Gasteiger partial charge in [-0.15, -0.1) is 0 Å². The maximum Gasteiger partial charge on any atom is 0.137 e. The van der Waals surface area contributed by atoms with E-state index in [9.17, 15) is 0 Å². The molecular weight excluding hydrogens is 296 g/mol. The smallest absolute Gasteiger partial charge is 0.137 e. The molecule has 2 heterocycles. The van der Waals surface area contributed by atoms with Crippen LogP contribution in [0.15, 0.2) is 47.9 Å². The van der Waals surface area contributed by atoms with Crippen molar-refractivity contribution in [1.82, 2.24) is 9.97 Å². The number of hydrogen-bond donors (Lipinski definition) is 1. The molecule has 3 heteroatoms. The van der Waals surface area contributed by atoms with Crippen LogP contribution in [-0.4, -0.2) is 17.1 Å². The second-order valence-electron chi connectivity index (χ2n) is 6.02. The number of fused-ring (bicyclic) bond motifs is 1. The van der Waals surface area contributed by atoms with E-state index in [1.165, 1.54) is 11.1 Å². The third kappa shape index (κ3) is 4.16. The molecule has 0 unspecified atom stereocenters. The van der Waals surface area contributed by atoms with Crippen molar-refractivity contribution in [3.8, 4) is 0 Å². The summed E-state index contributed by atoms with van der Waals surface area (Å²) in [5, 5.41) is 1.14. The zero-order valence-electron chi connectivity index (χ0n) is 15.4. The van der Waals surface area contributed by atoms with Crippen molar-refractivity contribution >= 4 is 16.6 Å². The van der Waals surface area contributed by atoms with E-state index in [0.717, 1.165) is 47.3 Å². The van der Waals surface area contributed by atoms with E-state index in [-0.39, 0.29) is 0 Å². The highest BCUT2D eigenvalue weighted by molar-refractivity contribution is 5.86. The van der Waals surface area contributed by atoms with Gasteiger partial charge in [0.1, 0.15) is 11.4 Å². The number of H-pyrrole nitrogens is 1.